The van der Waals surface area contributed by atoms with Gasteiger partial charge in [-0.15, -0.1) is 0 Å². The minimum absolute atomic E-state index is 0.0203. The molecule has 0 amide bonds. The molecule has 5 nitrogen and oxygen atoms in total. The van der Waals surface area contributed by atoms with Gasteiger partial charge in [0.15, 0.2) is 5.82 Å². The molecule has 1 aromatic carbocycles. The van der Waals surface area contributed by atoms with E-state index in [1.54, 1.807) is 12.1 Å². The summed E-state index contributed by atoms with van der Waals surface area (Å²) in [5.74, 6) is -0.269. The Bertz CT molecular complexity index is 1040. The quantitative estimate of drug-likeness (QED) is 0.306. The molecule has 3 aliphatic rings. The van der Waals surface area contributed by atoms with Crippen LogP contribution in [0.5, 0.6) is 0 Å². The van der Waals surface area contributed by atoms with Crippen molar-refractivity contribution in [3.05, 3.63) is 46.1 Å². The monoisotopic (exact) mass is 514 g/mol. The molecule has 0 radical (unpaired) electrons. The van der Waals surface area contributed by atoms with Crippen LogP contribution in [0.1, 0.15) is 26.2 Å². The third kappa shape index (κ3) is 4.52. The molecule has 1 N–H and O–H groups in total. The molecule has 2 atom stereocenters. The van der Waals surface area contributed by atoms with Crippen molar-refractivity contribution in [1.82, 2.24) is 9.88 Å². The Morgan fingerprint density at radius 3 is 2.82 bits per heavy atom. The molecule has 10 heteroatoms. The maximum absolute atomic E-state index is 15.2. The van der Waals surface area contributed by atoms with Crippen LogP contribution in [0.4, 0.5) is 20.3 Å². The van der Waals surface area contributed by atoms with Gasteiger partial charge in [0, 0.05) is 19.2 Å². The number of rotatable bonds is 5. The van der Waals surface area contributed by atoms with Gasteiger partial charge in [0.25, 0.3) is 0 Å². The number of nitrogens with one attached hydrogen (secondary N) is 1. The average molecular weight is 515 g/mol. The van der Waals surface area contributed by atoms with E-state index in [1.807, 2.05) is 4.90 Å². The van der Waals surface area contributed by atoms with Gasteiger partial charge in [0.1, 0.15) is 16.4 Å². The molecule has 3 aliphatic heterocycles. The zero-order valence-corrected chi connectivity index (χ0v) is 20.6. The van der Waals surface area contributed by atoms with Gasteiger partial charge in [0.2, 0.25) is 5.95 Å². The molecule has 3 fully saturated rings. The van der Waals surface area contributed by atoms with Crippen molar-refractivity contribution in [3.8, 4) is 0 Å². The van der Waals surface area contributed by atoms with E-state index in [1.165, 1.54) is 25.0 Å². The lowest BCUT2D eigenvalue weighted by Crippen LogP contribution is -2.70. The normalized spacial score (nSPS) is 24.8. The second-order valence-electron chi connectivity index (χ2n) is 9.20. The molecule has 2 aromatic rings. The summed E-state index contributed by atoms with van der Waals surface area (Å²) in [6, 6.07) is 6.41. The van der Waals surface area contributed by atoms with Gasteiger partial charge in [-0.2, -0.15) is 4.39 Å². The molecular weight excluding hydrogens is 489 g/mol. The number of nitrogens with zero attached hydrogens (tertiary/aromatic N) is 3. The Hall–Kier alpha value is -1.32. The van der Waals surface area contributed by atoms with Gasteiger partial charge in [-0.1, -0.05) is 36.2 Å². The summed E-state index contributed by atoms with van der Waals surface area (Å²) >= 11 is 13.8. The van der Waals surface area contributed by atoms with Gasteiger partial charge in [-0.3, -0.25) is 4.90 Å². The number of likely N-dealkylation sites (tertiary alicyclic amines) is 1. The number of ether oxygens (including phenoxy) is 1. The van der Waals surface area contributed by atoms with E-state index in [4.69, 9.17) is 27.9 Å². The van der Waals surface area contributed by atoms with E-state index >= 15 is 4.39 Å². The highest BCUT2D eigenvalue weighted by molar-refractivity contribution is 8.00. The SMILES string of the molecule is CC1CCCN(C2CCOC23CN(c2cc(Cl)c(SNc4cccc(F)n4)c(F)c2Cl)C3)C1. The number of anilines is 2. The zero-order valence-electron chi connectivity index (χ0n) is 18.3. The van der Waals surface area contributed by atoms with Crippen LogP contribution >= 0.6 is 35.1 Å². The van der Waals surface area contributed by atoms with E-state index in [2.05, 4.69) is 21.5 Å². The minimum atomic E-state index is -0.626. The lowest BCUT2D eigenvalue weighted by molar-refractivity contribution is -0.0656. The van der Waals surface area contributed by atoms with Gasteiger partial charge in [-0.25, -0.2) is 9.37 Å². The highest BCUT2D eigenvalue weighted by atomic mass is 35.5. The molecule has 1 spiro atoms. The highest BCUT2D eigenvalue weighted by Crippen LogP contribution is 2.46. The number of hydrogen-bond donors (Lipinski definition) is 1. The molecule has 0 aliphatic carbocycles. The molecule has 0 bridgehead atoms. The summed E-state index contributed by atoms with van der Waals surface area (Å²) in [6.07, 6.45) is 3.53. The number of halogens is 4. The Labute approximate surface area is 206 Å². The predicted molar refractivity (Wildman–Crippen MR) is 129 cm³/mol. The first kappa shape index (κ1) is 23.4. The first-order valence-corrected chi connectivity index (χ1v) is 12.8. The van der Waals surface area contributed by atoms with Crippen LogP contribution in [-0.4, -0.2) is 54.3 Å². The largest absolute Gasteiger partial charge is 0.370 e. The van der Waals surface area contributed by atoms with Crippen LogP contribution in [0.25, 0.3) is 0 Å². The summed E-state index contributed by atoms with van der Waals surface area (Å²) in [4.78, 5) is 8.47. The zero-order chi connectivity index (χ0) is 23.2. The Morgan fingerprint density at radius 2 is 2.06 bits per heavy atom. The summed E-state index contributed by atoms with van der Waals surface area (Å²) in [7, 11) is 0. The molecular formula is C23H26Cl2F2N4OS. The fraction of sp³-hybridized carbons (Fsp3) is 0.522. The third-order valence-corrected chi connectivity index (χ3v) is 8.53. The fourth-order valence-corrected chi connectivity index (χ4v) is 6.58. The lowest BCUT2D eigenvalue weighted by Gasteiger charge is -2.54. The maximum atomic E-state index is 15.2. The Morgan fingerprint density at radius 1 is 1.24 bits per heavy atom. The van der Waals surface area contributed by atoms with Gasteiger partial charge >= 0.3 is 0 Å². The average Bonchev–Trinajstić information content (AvgIpc) is 3.21. The second kappa shape index (κ2) is 9.38. The van der Waals surface area contributed by atoms with Crippen molar-refractivity contribution in [2.75, 3.05) is 42.4 Å². The topological polar surface area (TPSA) is 40.6 Å². The fourth-order valence-electron chi connectivity index (χ4n) is 5.29. The predicted octanol–water partition coefficient (Wildman–Crippen LogP) is 5.87. The van der Waals surface area contributed by atoms with E-state index < -0.39 is 11.8 Å². The van der Waals surface area contributed by atoms with E-state index in [0.717, 1.165) is 38.1 Å². The molecule has 1 aromatic heterocycles. The van der Waals surface area contributed by atoms with Gasteiger partial charge in [-0.05, 0) is 61.9 Å². The summed E-state index contributed by atoms with van der Waals surface area (Å²) in [5, 5.41) is 0.252. The lowest BCUT2D eigenvalue weighted by atomic mass is 9.83. The molecule has 3 saturated heterocycles. The summed E-state index contributed by atoms with van der Waals surface area (Å²) in [5.41, 5.74) is 0.334. The molecule has 4 heterocycles. The van der Waals surface area contributed by atoms with Crippen LogP contribution in [-0.2, 0) is 4.74 Å². The van der Waals surface area contributed by atoms with Crippen LogP contribution in [0.15, 0.2) is 29.2 Å². The van der Waals surface area contributed by atoms with E-state index in [9.17, 15) is 4.39 Å². The number of aromatic nitrogens is 1. The number of benzene rings is 1. The standard InChI is InChI=1S/C23H26Cl2F2N4OS/c1-14-4-3-8-30(11-14)17-7-9-32-23(17)12-31(13-23)16-10-15(24)22(21(27)20(16)25)33-29-19-6-2-5-18(26)28-19/h2,5-6,10,14,17H,3-4,7-9,11-13H2,1H3,(H,28,29). The summed E-state index contributed by atoms with van der Waals surface area (Å²) < 4.78 is 37.5. The van der Waals surface area contributed by atoms with Crippen molar-refractivity contribution >= 4 is 46.7 Å². The third-order valence-electron chi connectivity index (χ3n) is 6.85. The Balaban J connectivity index is 1.29. The van der Waals surface area contributed by atoms with Crippen LogP contribution in [0.3, 0.4) is 0 Å². The van der Waals surface area contributed by atoms with Gasteiger partial charge < -0.3 is 14.4 Å². The minimum Gasteiger partial charge on any atom is -0.370 e. The van der Waals surface area contributed by atoms with Crippen molar-refractivity contribution in [2.45, 2.75) is 42.7 Å². The van der Waals surface area contributed by atoms with Crippen molar-refractivity contribution in [2.24, 2.45) is 5.92 Å². The maximum Gasteiger partial charge on any atom is 0.214 e. The van der Waals surface area contributed by atoms with Gasteiger partial charge in [0.05, 0.1) is 28.7 Å². The smallest absolute Gasteiger partial charge is 0.214 e. The molecule has 33 heavy (non-hydrogen) atoms. The molecule has 2 unspecified atom stereocenters. The van der Waals surface area contributed by atoms with Crippen molar-refractivity contribution < 1.29 is 13.5 Å². The van der Waals surface area contributed by atoms with E-state index in [-0.39, 0.29) is 26.4 Å². The van der Waals surface area contributed by atoms with E-state index in [0.29, 0.717) is 30.7 Å². The van der Waals surface area contributed by atoms with Crippen LogP contribution in [0.2, 0.25) is 10.0 Å². The highest BCUT2D eigenvalue weighted by Gasteiger charge is 2.55. The number of piperidine rings is 1. The van der Waals surface area contributed by atoms with Crippen molar-refractivity contribution in [1.29, 1.82) is 0 Å². The molecule has 0 saturated carbocycles. The second-order valence-corrected chi connectivity index (χ2v) is 10.8. The first-order valence-electron chi connectivity index (χ1n) is 11.2. The van der Waals surface area contributed by atoms with Crippen LogP contribution in [0, 0.1) is 17.7 Å². The Kier molecular flexibility index (Phi) is 6.66. The van der Waals surface area contributed by atoms with Crippen molar-refractivity contribution in [3.63, 3.8) is 0 Å². The molecule has 5 rings (SSSR count). The molecule has 178 valence electrons. The summed E-state index contributed by atoms with van der Waals surface area (Å²) in [6.45, 7) is 6.61. The number of pyridine rings is 1. The number of hydrogen-bond acceptors (Lipinski definition) is 6. The first-order chi connectivity index (χ1) is 15.9. The van der Waals surface area contributed by atoms with Crippen LogP contribution < -0.4 is 9.62 Å².